The van der Waals surface area contributed by atoms with Crippen LogP contribution in [0, 0.1) is 0 Å². The number of hydrogen-bond donors (Lipinski definition) is 1. The van der Waals surface area contributed by atoms with Gasteiger partial charge in [0.15, 0.2) is 0 Å². The van der Waals surface area contributed by atoms with Crippen LogP contribution in [0.1, 0.15) is 54.2 Å². The third-order valence-corrected chi connectivity index (χ3v) is 8.66. The Hall–Kier alpha value is -2.14. The highest BCUT2D eigenvalue weighted by molar-refractivity contribution is 7.90. The molecule has 0 spiro atoms. The van der Waals surface area contributed by atoms with Crippen LogP contribution >= 0.6 is 12.4 Å². The first-order valence-electron chi connectivity index (χ1n) is 11.9. The van der Waals surface area contributed by atoms with Crippen molar-refractivity contribution in [3.05, 3.63) is 35.0 Å². The molecular weight excluding hydrogens is 494 g/mol. The number of halogens is 1. The molecule has 2 aliphatic heterocycles. The molecule has 1 aromatic carbocycles. The van der Waals surface area contributed by atoms with Crippen LogP contribution in [0.25, 0.3) is 10.9 Å². The quantitative estimate of drug-likeness (QED) is 0.562. The maximum absolute atomic E-state index is 13.0. The zero-order valence-electron chi connectivity index (χ0n) is 20.2. The number of amides is 1. The normalized spacial score (nSPS) is 17.1. The smallest absolute Gasteiger partial charge is 0.303 e. The fraction of sp³-hybridized carbons (Fsp3) is 0.583. The van der Waals surface area contributed by atoms with Crippen molar-refractivity contribution >= 4 is 45.2 Å². The number of hydrogen-bond acceptors (Lipinski definition) is 6. The van der Waals surface area contributed by atoms with Crippen molar-refractivity contribution < 1.29 is 27.9 Å². The van der Waals surface area contributed by atoms with Gasteiger partial charge in [-0.1, -0.05) is 0 Å². The molecule has 0 radical (unpaired) electrons. The van der Waals surface area contributed by atoms with Crippen LogP contribution in [0.3, 0.4) is 0 Å². The molecule has 0 saturated carbocycles. The molecule has 0 bridgehead atoms. The van der Waals surface area contributed by atoms with Crippen molar-refractivity contribution in [2.24, 2.45) is 0 Å². The van der Waals surface area contributed by atoms with Gasteiger partial charge in [-0.05, 0) is 49.9 Å². The third kappa shape index (κ3) is 5.66. The zero-order chi connectivity index (χ0) is 24.5. The molecule has 9 nitrogen and oxygen atoms in total. The number of carboxylic acid groups (broad SMARTS) is 1. The van der Waals surface area contributed by atoms with Crippen LogP contribution in [0.2, 0.25) is 0 Å². The Bertz CT molecular complexity index is 1190. The molecule has 0 aliphatic carbocycles. The van der Waals surface area contributed by atoms with E-state index >= 15 is 0 Å². The Balaban J connectivity index is 0.00000342. The molecule has 1 amide bonds. The number of carboxylic acids is 1. The van der Waals surface area contributed by atoms with Gasteiger partial charge in [0.25, 0.3) is 5.91 Å². The third-order valence-electron chi connectivity index (χ3n) is 6.96. The van der Waals surface area contributed by atoms with Crippen molar-refractivity contribution in [3.8, 4) is 0 Å². The Kier molecular flexibility index (Phi) is 8.85. The maximum Gasteiger partial charge on any atom is 0.303 e. The predicted octanol–water partition coefficient (Wildman–Crippen LogP) is 2.73. The minimum Gasteiger partial charge on any atom is -0.481 e. The van der Waals surface area contributed by atoms with E-state index in [-0.39, 0.29) is 30.5 Å². The van der Waals surface area contributed by atoms with Gasteiger partial charge in [0, 0.05) is 75.4 Å². The summed E-state index contributed by atoms with van der Waals surface area (Å²) in [5.74, 6) is -1.09. The van der Waals surface area contributed by atoms with Gasteiger partial charge in [-0.25, -0.2) is 12.4 Å². The van der Waals surface area contributed by atoms with Crippen molar-refractivity contribution in [1.82, 2.24) is 13.8 Å². The summed E-state index contributed by atoms with van der Waals surface area (Å²) in [6.45, 7) is 4.92. The van der Waals surface area contributed by atoms with Gasteiger partial charge in [-0.3, -0.25) is 14.5 Å². The van der Waals surface area contributed by atoms with E-state index in [0.717, 1.165) is 49.2 Å². The van der Waals surface area contributed by atoms with Gasteiger partial charge in [-0.2, -0.15) is 0 Å². The predicted molar refractivity (Wildman–Crippen MR) is 136 cm³/mol. The van der Waals surface area contributed by atoms with E-state index in [0.29, 0.717) is 43.1 Å². The summed E-state index contributed by atoms with van der Waals surface area (Å²) in [6, 6.07) is 5.62. The zero-order valence-corrected chi connectivity index (χ0v) is 21.9. The van der Waals surface area contributed by atoms with E-state index in [4.69, 9.17) is 9.84 Å². The van der Waals surface area contributed by atoms with Gasteiger partial charge in [0.2, 0.25) is 10.0 Å². The van der Waals surface area contributed by atoms with Crippen LogP contribution in [0.5, 0.6) is 0 Å². The summed E-state index contributed by atoms with van der Waals surface area (Å²) >= 11 is 0. The molecule has 2 aromatic rings. The lowest BCUT2D eigenvalue weighted by molar-refractivity contribution is -0.137. The number of benzene rings is 1. The Labute approximate surface area is 212 Å². The SMILES string of the molecule is CCS(=O)(=O)n1c2c(c3cc(C(=O)N(C)CCCC(=O)O)ccc31)CN(C1CCOCC1)CC2.Cl. The van der Waals surface area contributed by atoms with Crippen molar-refractivity contribution in [3.63, 3.8) is 0 Å². The van der Waals surface area contributed by atoms with Crippen LogP contribution in [-0.2, 0) is 32.5 Å². The fourth-order valence-electron chi connectivity index (χ4n) is 5.07. The van der Waals surface area contributed by atoms with E-state index in [1.165, 1.54) is 8.87 Å². The Morgan fingerprint density at radius 3 is 2.60 bits per heavy atom. The summed E-state index contributed by atoms with van der Waals surface area (Å²) in [5.41, 5.74) is 2.89. The van der Waals surface area contributed by atoms with Crippen molar-refractivity contribution in [2.45, 2.75) is 51.6 Å². The second-order valence-electron chi connectivity index (χ2n) is 9.11. The van der Waals surface area contributed by atoms with Gasteiger partial charge >= 0.3 is 5.97 Å². The fourth-order valence-corrected chi connectivity index (χ4v) is 6.32. The molecule has 4 rings (SSSR count). The lowest BCUT2D eigenvalue weighted by Gasteiger charge is -2.37. The van der Waals surface area contributed by atoms with E-state index in [2.05, 4.69) is 4.90 Å². The molecule has 0 atom stereocenters. The summed E-state index contributed by atoms with van der Waals surface area (Å²) < 4.78 is 33.1. The van der Waals surface area contributed by atoms with E-state index in [1.807, 2.05) is 0 Å². The summed E-state index contributed by atoms with van der Waals surface area (Å²) in [7, 11) is -1.85. The molecule has 11 heteroatoms. The number of fused-ring (bicyclic) bond motifs is 3. The van der Waals surface area contributed by atoms with Crippen LogP contribution in [-0.4, -0.2) is 84.3 Å². The van der Waals surface area contributed by atoms with Gasteiger partial charge < -0.3 is 14.7 Å². The number of ether oxygens (including phenoxy) is 1. The minimum absolute atomic E-state index is 0. The molecule has 1 fully saturated rings. The number of carbonyl (C=O) groups excluding carboxylic acids is 1. The maximum atomic E-state index is 13.0. The average molecular weight is 528 g/mol. The van der Waals surface area contributed by atoms with Gasteiger partial charge in [0.05, 0.1) is 11.3 Å². The summed E-state index contributed by atoms with van der Waals surface area (Å²) in [5, 5.41) is 9.65. The van der Waals surface area contributed by atoms with E-state index in [9.17, 15) is 18.0 Å². The van der Waals surface area contributed by atoms with Gasteiger partial charge in [-0.15, -0.1) is 12.4 Å². The highest BCUT2D eigenvalue weighted by Gasteiger charge is 2.32. The van der Waals surface area contributed by atoms with Crippen LogP contribution in [0.4, 0.5) is 0 Å². The molecule has 1 aromatic heterocycles. The Morgan fingerprint density at radius 1 is 1.23 bits per heavy atom. The van der Waals surface area contributed by atoms with E-state index in [1.54, 1.807) is 32.2 Å². The molecule has 3 heterocycles. The summed E-state index contributed by atoms with van der Waals surface area (Å²) in [4.78, 5) is 27.8. The second kappa shape index (κ2) is 11.3. The van der Waals surface area contributed by atoms with Crippen LogP contribution in [0.15, 0.2) is 18.2 Å². The number of rotatable bonds is 8. The largest absolute Gasteiger partial charge is 0.481 e. The van der Waals surface area contributed by atoms with Gasteiger partial charge in [0.1, 0.15) is 0 Å². The molecule has 2 aliphatic rings. The second-order valence-corrected chi connectivity index (χ2v) is 11.2. The number of aliphatic carboxylic acids is 1. The molecule has 1 saturated heterocycles. The lowest BCUT2D eigenvalue weighted by atomic mass is 9.99. The first-order valence-corrected chi connectivity index (χ1v) is 13.5. The van der Waals surface area contributed by atoms with Crippen molar-refractivity contribution in [2.75, 3.05) is 39.1 Å². The summed E-state index contributed by atoms with van der Waals surface area (Å²) in [6.07, 6.45) is 2.95. The van der Waals surface area contributed by atoms with Crippen LogP contribution < -0.4 is 0 Å². The number of nitrogens with zero attached hydrogens (tertiary/aromatic N) is 3. The monoisotopic (exact) mass is 527 g/mol. The molecule has 0 unspecified atom stereocenters. The standard InChI is InChI=1S/C24H33N3O6S.ClH/c1-3-34(31,32)27-21-7-6-17(24(30)25(2)11-4-5-23(28)29)15-19(21)20-16-26(12-8-22(20)27)18-9-13-33-14-10-18;/h6-7,15,18H,3-5,8-14,16H2,1-2H3,(H,28,29);1H. The number of carbonyl (C=O) groups is 2. The topological polar surface area (TPSA) is 109 Å². The molecule has 194 valence electrons. The molecule has 35 heavy (non-hydrogen) atoms. The first kappa shape index (κ1) is 27.4. The lowest BCUT2D eigenvalue weighted by Crippen LogP contribution is -2.42. The first-order chi connectivity index (χ1) is 16.2. The van der Waals surface area contributed by atoms with E-state index < -0.39 is 16.0 Å². The highest BCUT2D eigenvalue weighted by atomic mass is 35.5. The number of aromatic nitrogens is 1. The van der Waals surface area contributed by atoms with Crippen molar-refractivity contribution in [1.29, 1.82) is 0 Å². The minimum atomic E-state index is -3.51. The molecular formula is C24H34ClN3O6S. The average Bonchev–Trinajstić information content (AvgIpc) is 3.17. The highest BCUT2D eigenvalue weighted by Crippen LogP contribution is 2.35. The molecule has 1 N–H and O–H groups in total. The Morgan fingerprint density at radius 2 is 1.94 bits per heavy atom.